The molecule has 0 aliphatic heterocycles. The maximum Gasteiger partial charge on any atom is 0.261 e. The van der Waals surface area contributed by atoms with Gasteiger partial charge in [-0.3, -0.25) is 4.79 Å². The second-order valence-corrected chi connectivity index (χ2v) is 5.55. The van der Waals surface area contributed by atoms with Crippen LogP contribution in [-0.2, 0) is 0 Å². The minimum Gasteiger partial charge on any atom is -0.349 e. The highest BCUT2D eigenvalue weighted by molar-refractivity contribution is 9.09. The minimum atomic E-state index is 0.0564. The second kappa shape index (κ2) is 6.28. The number of amides is 1. The Morgan fingerprint density at radius 2 is 2.33 bits per heavy atom. The number of nitrogens with one attached hydrogen (secondary N) is 1. The first kappa shape index (κ1) is 12.7. The maximum atomic E-state index is 11.8. The topological polar surface area (TPSA) is 29.1 Å². The molecule has 1 amide bonds. The number of rotatable bonds is 5. The molecule has 1 heterocycles. The van der Waals surface area contributed by atoms with E-state index in [0.29, 0.717) is 0 Å². The molecule has 2 nitrogen and oxygen atoms in total. The number of carbonyl (C=O) groups excluding carboxylic acids is 1. The lowest BCUT2D eigenvalue weighted by Gasteiger charge is -2.14. The number of carbonyl (C=O) groups is 1. The van der Waals surface area contributed by atoms with Crippen LogP contribution in [0.3, 0.4) is 0 Å². The zero-order chi connectivity index (χ0) is 11.3. The van der Waals surface area contributed by atoms with Crippen LogP contribution >= 0.6 is 27.3 Å². The summed E-state index contributed by atoms with van der Waals surface area (Å²) < 4.78 is 0. The Balaban J connectivity index is 2.54. The van der Waals surface area contributed by atoms with Gasteiger partial charge < -0.3 is 5.32 Å². The van der Waals surface area contributed by atoms with E-state index in [9.17, 15) is 4.79 Å². The summed E-state index contributed by atoms with van der Waals surface area (Å²) in [5.74, 6) is 0.0564. The number of halogens is 1. The molecule has 1 aromatic rings. The summed E-state index contributed by atoms with van der Waals surface area (Å²) in [6.07, 6.45) is 1.95. The summed E-state index contributed by atoms with van der Waals surface area (Å²) in [5, 5.41) is 3.96. The van der Waals surface area contributed by atoms with Gasteiger partial charge in [-0.25, -0.2) is 0 Å². The molecule has 0 radical (unpaired) electrons. The van der Waals surface area contributed by atoms with Gasteiger partial charge in [0.05, 0.1) is 4.88 Å². The average molecular weight is 290 g/mol. The van der Waals surface area contributed by atoms with Crippen molar-refractivity contribution in [2.45, 2.75) is 32.7 Å². The number of hydrogen-bond donors (Lipinski definition) is 1. The molecular weight excluding hydrogens is 274 g/mol. The molecule has 1 aromatic heterocycles. The van der Waals surface area contributed by atoms with E-state index in [-0.39, 0.29) is 11.9 Å². The average Bonchev–Trinajstić information content (AvgIpc) is 2.64. The molecule has 0 spiro atoms. The highest BCUT2D eigenvalue weighted by Crippen LogP contribution is 2.15. The summed E-state index contributed by atoms with van der Waals surface area (Å²) in [4.78, 5) is 13.8. The van der Waals surface area contributed by atoms with Gasteiger partial charge >= 0.3 is 0 Å². The van der Waals surface area contributed by atoms with E-state index in [4.69, 9.17) is 0 Å². The van der Waals surface area contributed by atoms with Gasteiger partial charge in [0.2, 0.25) is 0 Å². The smallest absolute Gasteiger partial charge is 0.261 e. The SMILES string of the molecule is CCC(CCBr)NC(=O)c1ccc(C)s1. The standard InChI is InChI=1S/C11H16BrNOS/c1-3-9(6-7-12)13-11(14)10-5-4-8(2)15-10/h4-5,9H,3,6-7H2,1-2H3,(H,13,14). The fourth-order valence-corrected chi connectivity index (χ4v) is 2.65. The first-order chi connectivity index (χ1) is 7.17. The Morgan fingerprint density at radius 1 is 1.60 bits per heavy atom. The molecule has 1 atom stereocenters. The third kappa shape index (κ3) is 3.95. The third-order valence-corrected chi connectivity index (χ3v) is 3.71. The van der Waals surface area contributed by atoms with Gasteiger partial charge in [-0.05, 0) is 31.9 Å². The van der Waals surface area contributed by atoms with Crippen molar-refractivity contribution in [3.8, 4) is 0 Å². The van der Waals surface area contributed by atoms with Gasteiger partial charge in [0.1, 0.15) is 0 Å². The normalized spacial score (nSPS) is 12.5. The predicted octanol–water partition coefficient (Wildman–Crippen LogP) is 3.35. The first-order valence-corrected chi connectivity index (χ1v) is 7.04. The van der Waals surface area contributed by atoms with Crippen LogP contribution in [0.4, 0.5) is 0 Å². The lowest BCUT2D eigenvalue weighted by atomic mass is 10.2. The maximum absolute atomic E-state index is 11.8. The highest BCUT2D eigenvalue weighted by atomic mass is 79.9. The van der Waals surface area contributed by atoms with E-state index in [2.05, 4.69) is 28.2 Å². The predicted molar refractivity (Wildman–Crippen MR) is 69.0 cm³/mol. The van der Waals surface area contributed by atoms with E-state index < -0.39 is 0 Å². The molecule has 1 unspecified atom stereocenters. The molecule has 15 heavy (non-hydrogen) atoms. The first-order valence-electron chi connectivity index (χ1n) is 5.10. The molecule has 4 heteroatoms. The van der Waals surface area contributed by atoms with E-state index in [0.717, 1.165) is 23.0 Å². The Bertz CT molecular complexity index is 324. The second-order valence-electron chi connectivity index (χ2n) is 3.47. The van der Waals surface area contributed by atoms with Crippen molar-refractivity contribution in [1.29, 1.82) is 0 Å². The monoisotopic (exact) mass is 289 g/mol. The molecule has 0 aliphatic carbocycles. The fourth-order valence-electron chi connectivity index (χ4n) is 1.32. The molecule has 0 saturated carbocycles. The van der Waals surface area contributed by atoms with Crippen LogP contribution in [-0.4, -0.2) is 17.3 Å². The van der Waals surface area contributed by atoms with Gasteiger partial charge in [0.25, 0.3) is 5.91 Å². The summed E-state index contributed by atoms with van der Waals surface area (Å²) >= 11 is 4.94. The zero-order valence-electron chi connectivity index (χ0n) is 9.05. The van der Waals surface area contributed by atoms with Gasteiger partial charge in [-0.15, -0.1) is 11.3 Å². The van der Waals surface area contributed by atoms with Crippen molar-refractivity contribution in [3.63, 3.8) is 0 Å². The summed E-state index contributed by atoms with van der Waals surface area (Å²) in [5.41, 5.74) is 0. The number of aryl methyl sites for hydroxylation is 1. The third-order valence-electron chi connectivity index (χ3n) is 2.25. The van der Waals surface area contributed by atoms with Crippen LogP contribution in [0.2, 0.25) is 0 Å². The molecule has 1 N–H and O–H groups in total. The number of alkyl halides is 1. The van der Waals surface area contributed by atoms with Crippen molar-refractivity contribution in [1.82, 2.24) is 5.32 Å². The molecule has 0 aromatic carbocycles. The molecular formula is C11H16BrNOS. The number of hydrogen-bond acceptors (Lipinski definition) is 2. The van der Waals surface area contributed by atoms with Gasteiger partial charge in [-0.2, -0.15) is 0 Å². The summed E-state index contributed by atoms with van der Waals surface area (Å²) in [6, 6.07) is 4.14. The Labute approximate surface area is 103 Å². The van der Waals surface area contributed by atoms with Crippen molar-refractivity contribution in [2.75, 3.05) is 5.33 Å². The lowest BCUT2D eigenvalue weighted by Crippen LogP contribution is -2.34. The van der Waals surface area contributed by atoms with Crippen molar-refractivity contribution in [2.24, 2.45) is 0 Å². The molecule has 84 valence electrons. The minimum absolute atomic E-state index is 0.0564. The van der Waals surface area contributed by atoms with Gasteiger partial charge in [0, 0.05) is 16.2 Å². The Kier molecular flexibility index (Phi) is 5.32. The Morgan fingerprint density at radius 3 is 2.80 bits per heavy atom. The zero-order valence-corrected chi connectivity index (χ0v) is 11.5. The van der Waals surface area contributed by atoms with E-state index in [1.165, 1.54) is 4.88 Å². The van der Waals surface area contributed by atoms with Crippen LogP contribution < -0.4 is 5.32 Å². The number of thiophene rings is 1. The fraction of sp³-hybridized carbons (Fsp3) is 0.545. The van der Waals surface area contributed by atoms with E-state index in [1.807, 2.05) is 19.1 Å². The van der Waals surface area contributed by atoms with Crippen LogP contribution in [0, 0.1) is 6.92 Å². The van der Waals surface area contributed by atoms with E-state index in [1.54, 1.807) is 11.3 Å². The molecule has 0 saturated heterocycles. The van der Waals surface area contributed by atoms with Crippen molar-refractivity contribution in [3.05, 3.63) is 21.9 Å². The molecule has 1 rings (SSSR count). The van der Waals surface area contributed by atoms with E-state index >= 15 is 0 Å². The van der Waals surface area contributed by atoms with Crippen molar-refractivity contribution >= 4 is 33.2 Å². The summed E-state index contributed by atoms with van der Waals surface area (Å²) in [7, 11) is 0. The largest absolute Gasteiger partial charge is 0.349 e. The molecule has 0 aliphatic rings. The quantitative estimate of drug-likeness (QED) is 0.828. The Hall–Kier alpha value is -0.350. The lowest BCUT2D eigenvalue weighted by molar-refractivity contribution is 0.0939. The van der Waals surface area contributed by atoms with Crippen LogP contribution in [0.25, 0.3) is 0 Å². The van der Waals surface area contributed by atoms with Crippen LogP contribution in [0.1, 0.15) is 34.3 Å². The molecule has 0 fully saturated rings. The highest BCUT2D eigenvalue weighted by Gasteiger charge is 2.12. The van der Waals surface area contributed by atoms with Gasteiger partial charge in [-0.1, -0.05) is 22.9 Å². The molecule has 0 bridgehead atoms. The van der Waals surface area contributed by atoms with Gasteiger partial charge in [0.15, 0.2) is 0 Å². The summed E-state index contributed by atoms with van der Waals surface area (Å²) in [6.45, 7) is 4.10. The van der Waals surface area contributed by atoms with Crippen LogP contribution in [0.5, 0.6) is 0 Å². The van der Waals surface area contributed by atoms with Crippen LogP contribution in [0.15, 0.2) is 12.1 Å². The van der Waals surface area contributed by atoms with Crippen molar-refractivity contribution < 1.29 is 4.79 Å².